The minimum Gasteiger partial charge on any atom is -0.448 e. The van der Waals surface area contributed by atoms with Crippen LogP contribution >= 0.6 is 0 Å². The minimum absolute atomic E-state index is 0.199. The van der Waals surface area contributed by atoms with Crippen LogP contribution in [0, 0.1) is 0 Å². The van der Waals surface area contributed by atoms with Gasteiger partial charge in [0.05, 0.1) is 0 Å². The zero-order valence-corrected chi connectivity index (χ0v) is 11.1. The summed E-state index contributed by atoms with van der Waals surface area (Å²) in [5, 5.41) is 0. The van der Waals surface area contributed by atoms with Crippen molar-refractivity contribution < 1.29 is 12.9 Å². The van der Waals surface area contributed by atoms with Gasteiger partial charge in [-0.15, -0.1) is 0 Å². The Labute approximate surface area is 108 Å². The molecule has 2 aliphatic carbocycles. The summed E-state index contributed by atoms with van der Waals surface area (Å²) in [5.74, 6) is 0. The normalized spacial score (nSPS) is 24.7. The standard InChI is InChI=1S/C13H24BF3N/c15-14(16,17)11-18(12-7-3-1-4-8-12)13-9-5-2-6-10-13/h12-13H,1-11H2/q-1. The molecule has 0 heterocycles. The topological polar surface area (TPSA) is 3.24 Å². The van der Waals surface area contributed by atoms with E-state index in [1.165, 1.54) is 12.8 Å². The molecule has 0 aromatic carbocycles. The Kier molecular flexibility index (Phi) is 4.99. The highest BCUT2D eigenvalue weighted by molar-refractivity contribution is 6.58. The lowest BCUT2D eigenvalue weighted by atomic mass is 9.83. The first kappa shape index (κ1) is 14.2. The van der Waals surface area contributed by atoms with Gasteiger partial charge in [-0.2, -0.15) is 0 Å². The lowest BCUT2D eigenvalue weighted by molar-refractivity contribution is 0.0900. The zero-order chi connectivity index (χ0) is 13.0. The largest absolute Gasteiger partial charge is 0.492 e. The predicted octanol–water partition coefficient (Wildman–Crippen LogP) is 4.34. The molecule has 0 bridgehead atoms. The lowest BCUT2D eigenvalue weighted by Gasteiger charge is -2.44. The molecule has 0 spiro atoms. The maximum atomic E-state index is 12.8. The van der Waals surface area contributed by atoms with Crippen molar-refractivity contribution in [1.82, 2.24) is 4.90 Å². The van der Waals surface area contributed by atoms with Crippen molar-refractivity contribution >= 4 is 6.98 Å². The second-order valence-electron chi connectivity index (χ2n) is 5.99. The number of hydrogen-bond donors (Lipinski definition) is 0. The van der Waals surface area contributed by atoms with Crippen LogP contribution in [0.3, 0.4) is 0 Å². The molecule has 0 radical (unpaired) electrons. The molecule has 0 aliphatic heterocycles. The Balaban J connectivity index is 2.00. The first-order valence-corrected chi connectivity index (χ1v) is 7.53. The quantitative estimate of drug-likeness (QED) is 0.681. The van der Waals surface area contributed by atoms with E-state index < -0.39 is 13.4 Å². The second kappa shape index (κ2) is 6.31. The molecule has 0 aromatic heterocycles. The molecule has 0 saturated heterocycles. The van der Waals surface area contributed by atoms with E-state index in [-0.39, 0.29) is 12.1 Å². The summed E-state index contributed by atoms with van der Waals surface area (Å²) in [4.78, 5) is 1.83. The van der Waals surface area contributed by atoms with E-state index in [1.54, 1.807) is 0 Å². The van der Waals surface area contributed by atoms with E-state index in [0.29, 0.717) is 0 Å². The van der Waals surface area contributed by atoms with Crippen LogP contribution in [0.2, 0.25) is 0 Å². The zero-order valence-electron chi connectivity index (χ0n) is 11.1. The Morgan fingerprint density at radius 3 is 1.44 bits per heavy atom. The van der Waals surface area contributed by atoms with Crippen molar-refractivity contribution in [3.63, 3.8) is 0 Å². The summed E-state index contributed by atoms with van der Waals surface area (Å²) in [5.41, 5.74) is 0. The molecule has 1 nitrogen and oxygen atoms in total. The number of nitrogens with zero attached hydrogens (tertiary/aromatic N) is 1. The van der Waals surface area contributed by atoms with Crippen molar-refractivity contribution in [2.45, 2.75) is 76.3 Å². The fourth-order valence-electron chi connectivity index (χ4n) is 3.66. The first-order valence-electron chi connectivity index (χ1n) is 7.53. The van der Waals surface area contributed by atoms with E-state index in [2.05, 4.69) is 0 Å². The summed E-state index contributed by atoms with van der Waals surface area (Å²) in [6, 6.07) is 0.399. The first-order chi connectivity index (χ1) is 8.56. The molecule has 2 aliphatic rings. The Hall–Kier alpha value is -0.185. The number of halogens is 3. The lowest BCUT2D eigenvalue weighted by Crippen LogP contribution is -2.51. The molecule has 0 atom stereocenters. The molecule has 18 heavy (non-hydrogen) atoms. The third-order valence-electron chi connectivity index (χ3n) is 4.51. The van der Waals surface area contributed by atoms with Gasteiger partial charge < -0.3 is 17.8 Å². The van der Waals surface area contributed by atoms with Crippen LogP contribution in [0.4, 0.5) is 12.9 Å². The van der Waals surface area contributed by atoms with Crippen LogP contribution in [0.5, 0.6) is 0 Å². The van der Waals surface area contributed by atoms with E-state index in [9.17, 15) is 12.9 Å². The van der Waals surface area contributed by atoms with Gasteiger partial charge in [-0.1, -0.05) is 38.5 Å². The fourth-order valence-corrected chi connectivity index (χ4v) is 3.66. The van der Waals surface area contributed by atoms with Crippen molar-refractivity contribution in [1.29, 1.82) is 0 Å². The molecular weight excluding hydrogens is 238 g/mol. The van der Waals surface area contributed by atoms with E-state index in [1.807, 2.05) is 4.90 Å². The van der Waals surface area contributed by atoms with Crippen molar-refractivity contribution in [2.24, 2.45) is 0 Å². The maximum absolute atomic E-state index is 12.8. The predicted molar refractivity (Wildman–Crippen MR) is 69.5 cm³/mol. The van der Waals surface area contributed by atoms with Crippen LogP contribution in [0.25, 0.3) is 0 Å². The van der Waals surface area contributed by atoms with Gasteiger partial charge in [-0.25, -0.2) is 0 Å². The SMILES string of the molecule is F[B-](F)(F)CN(C1CCCCC1)C1CCCCC1. The maximum Gasteiger partial charge on any atom is 0.492 e. The van der Waals surface area contributed by atoms with Crippen molar-refractivity contribution in [2.75, 3.05) is 6.44 Å². The van der Waals surface area contributed by atoms with E-state index in [4.69, 9.17) is 0 Å². The van der Waals surface area contributed by atoms with Gasteiger partial charge in [-0.05, 0) is 32.1 Å². The van der Waals surface area contributed by atoms with Crippen LogP contribution in [0.15, 0.2) is 0 Å². The van der Waals surface area contributed by atoms with Gasteiger partial charge in [-0.3, -0.25) is 0 Å². The van der Waals surface area contributed by atoms with Crippen LogP contribution in [-0.4, -0.2) is 30.4 Å². The monoisotopic (exact) mass is 262 g/mol. The van der Waals surface area contributed by atoms with Crippen molar-refractivity contribution in [3.05, 3.63) is 0 Å². The van der Waals surface area contributed by atoms with Crippen LogP contribution in [-0.2, 0) is 0 Å². The Morgan fingerprint density at radius 2 is 1.11 bits per heavy atom. The summed E-state index contributed by atoms with van der Waals surface area (Å²) in [6.45, 7) is -4.68. The summed E-state index contributed by atoms with van der Waals surface area (Å²) >= 11 is 0. The molecule has 106 valence electrons. The number of hydrogen-bond acceptors (Lipinski definition) is 1. The molecule has 0 aromatic rings. The highest BCUT2D eigenvalue weighted by Gasteiger charge is 2.35. The molecular formula is C13H24BF3N-. The average molecular weight is 262 g/mol. The van der Waals surface area contributed by atoms with E-state index in [0.717, 1.165) is 51.4 Å². The highest BCUT2D eigenvalue weighted by Crippen LogP contribution is 2.31. The Morgan fingerprint density at radius 1 is 0.722 bits per heavy atom. The average Bonchev–Trinajstić information content (AvgIpc) is 2.37. The molecule has 0 amide bonds. The molecule has 2 saturated carbocycles. The summed E-state index contributed by atoms with van der Waals surface area (Å²) < 4.78 is 38.5. The Bertz CT molecular complexity index is 227. The van der Waals surface area contributed by atoms with E-state index >= 15 is 0 Å². The number of rotatable bonds is 4. The molecule has 2 fully saturated rings. The second-order valence-corrected chi connectivity index (χ2v) is 5.99. The van der Waals surface area contributed by atoms with Gasteiger partial charge in [0.15, 0.2) is 0 Å². The van der Waals surface area contributed by atoms with Gasteiger partial charge >= 0.3 is 6.98 Å². The van der Waals surface area contributed by atoms with Crippen LogP contribution < -0.4 is 0 Å². The highest BCUT2D eigenvalue weighted by atomic mass is 19.4. The van der Waals surface area contributed by atoms with Gasteiger partial charge in [0.25, 0.3) is 0 Å². The fraction of sp³-hybridized carbons (Fsp3) is 1.00. The smallest absolute Gasteiger partial charge is 0.448 e. The van der Waals surface area contributed by atoms with Crippen molar-refractivity contribution in [3.8, 4) is 0 Å². The summed E-state index contributed by atoms with van der Waals surface area (Å²) in [7, 11) is 0. The summed E-state index contributed by atoms with van der Waals surface area (Å²) in [6.07, 6.45) is 10.1. The third-order valence-corrected chi connectivity index (χ3v) is 4.51. The van der Waals surface area contributed by atoms with Gasteiger partial charge in [0.1, 0.15) is 0 Å². The molecule has 0 unspecified atom stereocenters. The molecule has 0 N–H and O–H groups in total. The minimum atomic E-state index is -4.68. The van der Waals surface area contributed by atoms with Crippen LogP contribution in [0.1, 0.15) is 64.2 Å². The molecule has 5 heteroatoms. The van der Waals surface area contributed by atoms with Gasteiger partial charge in [0, 0.05) is 12.1 Å². The molecule has 2 rings (SSSR count). The van der Waals surface area contributed by atoms with Gasteiger partial charge in [0.2, 0.25) is 0 Å². The third kappa shape index (κ3) is 4.18.